The van der Waals surface area contributed by atoms with Gasteiger partial charge in [0.25, 0.3) is 0 Å². The number of ketones is 2. The summed E-state index contributed by atoms with van der Waals surface area (Å²) in [5.41, 5.74) is 2.07. The van der Waals surface area contributed by atoms with E-state index < -0.39 is 6.10 Å². The van der Waals surface area contributed by atoms with E-state index in [4.69, 9.17) is 4.74 Å². The maximum atomic E-state index is 12.1. The van der Waals surface area contributed by atoms with Gasteiger partial charge < -0.3 is 9.84 Å². The number of rotatable bonds is 11. The number of ether oxygens (including phenoxy) is 1. The predicted molar refractivity (Wildman–Crippen MR) is 106 cm³/mol. The summed E-state index contributed by atoms with van der Waals surface area (Å²) in [6.07, 6.45) is 6.58. The molecule has 144 valence electrons. The van der Waals surface area contributed by atoms with Gasteiger partial charge in [0.2, 0.25) is 0 Å². The van der Waals surface area contributed by atoms with Crippen molar-refractivity contribution in [2.75, 3.05) is 6.61 Å². The van der Waals surface area contributed by atoms with E-state index in [1.54, 1.807) is 13.0 Å². The van der Waals surface area contributed by atoms with Gasteiger partial charge in [0.05, 0.1) is 12.7 Å². The Balaban J connectivity index is 1.68. The molecular weight excluding hydrogens is 340 g/mol. The fraction of sp³-hybridized carbons (Fsp3) is 0.391. The highest BCUT2D eigenvalue weighted by Crippen LogP contribution is 2.25. The molecule has 0 unspecified atom stereocenters. The van der Waals surface area contributed by atoms with Crippen molar-refractivity contribution in [3.05, 3.63) is 71.8 Å². The molecular formula is C23H28O4. The van der Waals surface area contributed by atoms with Crippen LogP contribution in [0.4, 0.5) is 0 Å². The van der Waals surface area contributed by atoms with Crippen molar-refractivity contribution in [2.24, 2.45) is 5.92 Å². The second-order valence-corrected chi connectivity index (χ2v) is 6.91. The van der Waals surface area contributed by atoms with Gasteiger partial charge in [-0.05, 0) is 50.3 Å². The minimum Gasteiger partial charge on any atom is -0.393 e. The van der Waals surface area contributed by atoms with Crippen molar-refractivity contribution in [3.63, 3.8) is 0 Å². The molecule has 4 nitrogen and oxygen atoms in total. The highest BCUT2D eigenvalue weighted by Gasteiger charge is 2.23. The number of hydrogen-bond acceptors (Lipinski definition) is 4. The maximum Gasteiger partial charge on any atom is 0.182 e. The third-order valence-electron chi connectivity index (χ3n) is 4.74. The molecule has 0 bridgehead atoms. The molecule has 2 atom stereocenters. The zero-order valence-electron chi connectivity index (χ0n) is 15.9. The number of carbonyl (C=O) groups is 2. The SMILES string of the molecule is C=C[C@@H](CC[C@@H](O)CCCOCc1ccccc1)C1=CC(=O)C(C)=CC1=O. The van der Waals surface area contributed by atoms with Gasteiger partial charge in [-0.15, -0.1) is 6.58 Å². The summed E-state index contributed by atoms with van der Waals surface area (Å²) in [7, 11) is 0. The molecule has 0 amide bonds. The molecule has 0 spiro atoms. The Labute approximate surface area is 161 Å². The Morgan fingerprint density at radius 3 is 2.52 bits per heavy atom. The zero-order chi connectivity index (χ0) is 19.6. The molecule has 0 aromatic heterocycles. The molecule has 0 aliphatic heterocycles. The monoisotopic (exact) mass is 368 g/mol. The van der Waals surface area contributed by atoms with Crippen LogP contribution in [0, 0.1) is 5.92 Å². The van der Waals surface area contributed by atoms with Crippen LogP contribution in [0.2, 0.25) is 0 Å². The van der Waals surface area contributed by atoms with Gasteiger partial charge in [0, 0.05) is 23.7 Å². The van der Waals surface area contributed by atoms with Crippen molar-refractivity contribution in [3.8, 4) is 0 Å². The number of allylic oxidation sites excluding steroid dienone is 5. The zero-order valence-corrected chi connectivity index (χ0v) is 15.9. The fourth-order valence-corrected chi connectivity index (χ4v) is 3.07. The molecule has 0 fully saturated rings. The molecule has 1 aliphatic carbocycles. The third kappa shape index (κ3) is 6.74. The third-order valence-corrected chi connectivity index (χ3v) is 4.74. The molecule has 0 radical (unpaired) electrons. The lowest BCUT2D eigenvalue weighted by Gasteiger charge is -2.19. The van der Waals surface area contributed by atoms with Crippen LogP contribution in [0.3, 0.4) is 0 Å². The first kappa shape index (κ1) is 21.0. The molecule has 2 rings (SSSR count). The molecule has 1 aliphatic rings. The van der Waals surface area contributed by atoms with Gasteiger partial charge in [0.15, 0.2) is 11.6 Å². The van der Waals surface area contributed by atoms with E-state index in [1.807, 2.05) is 30.3 Å². The van der Waals surface area contributed by atoms with Crippen molar-refractivity contribution >= 4 is 11.6 Å². The van der Waals surface area contributed by atoms with Gasteiger partial charge in [-0.2, -0.15) is 0 Å². The smallest absolute Gasteiger partial charge is 0.182 e. The number of hydrogen-bond donors (Lipinski definition) is 1. The van der Waals surface area contributed by atoms with Gasteiger partial charge in [-0.3, -0.25) is 9.59 Å². The van der Waals surface area contributed by atoms with Crippen LogP contribution in [0.5, 0.6) is 0 Å². The Hall–Kier alpha value is -2.30. The van der Waals surface area contributed by atoms with Crippen LogP contribution in [-0.2, 0) is 20.9 Å². The molecule has 4 heteroatoms. The number of aliphatic hydroxyl groups is 1. The van der Waals surface area contributed by atoms with Crippen LogP contribution in [-0.4, -0.2) is 29.4 Å². The topological polar surface area (TPSA) is 63.6 Å². The van der Waals surface area contributed by atoms with Gasteiger partial charge in [0.1, 0.15) is 0 Å². The number of benzene rings is 1. The normalized spacial score (nSPS) is 16.5. The lowest BCUT2D eigenvalue weighted by Crippen LogP contribution is -2.19. The lowest BCUT2D eigenvalue weighted by molar-refractivity contribution is -0.115. The second kappa shape index (κ2) is 10.8. The van der Waals surface area contributed by atoms with E-state index in [0.717, 1.165) is 12.0 Å². The van der Waals surface area contributed by atoms with Crippen molar-refractivity contribution in [2.45, 2.75) is 45.3 Å². The highest BCUT2D eigenvalue weighted by molar-refractivity contribution is 6.20. The standard InChI is InChI=1S/C23H28O4/c1-3-19(21-15-22(25)17(2)14-23(21)26)11-12-20(24)10-7-13-27-16-18-8-5-4-6-9-18/h3-6,8-9,14-15,19-20,24H,1,7,10-13,16H2,2H3/t19-,20-/m0/s1. The second-order valence-electron chi connectivity index (χ2n) is 6.91. The number of carbonyl (C=O) groups excluding carboxylic acids is 2. The van der Waals surface area contributed by atoms with Crippen LogP contribution >= 0.6 is 0 Å². The molecule has 27 heavy (non-hydrogen) atoms. The van der Waals surface area contributed by atoms with Crippen LogP contribution < -0.4 is 0 Å². The van der Waals surface area contributed by atoms with E-state index >= 15 is 0 Å². The van der Waals surface area contributed by atoms with Crippen molar-refractivity contribution in [1.82, 2.24) is 0 Å². The average molecular weight is 368 g/mol. The minimum atomic E-state index is -0.458. The summed E-state index contributed by atoms with van der Waals surface area (Å²) in [5.74, 6) is -0.483. The van der Waals surface area contributed by atoms with Gasteiger partial charge >= 0.3 is 0 Å². The Morgan fingerprint density at radius 2 is 1.81 bits per heavy atom. The summed E-state index contributed by atoms with van der Waals surface area (Å²) in [4.78, 5) is 24.0. The van der Waals surface area contributed by atoms with E-state index in [1.165, 1.54) is 12.2 Å². The highest BCUT2D eigenvalue weighted by atomic mass is 16.5. The molecule has 0 heterocycles. The molecule has 1 aromatic rings. The molecule has 1 aromatic carbocycles. The summed E-state index contributed by atoms with van der Waals surface area (Å²) >= 11 is 0. The average Bonchev–Trinajstić information content (AvgIpc) is 2.66. The minimum absolute atomic E-state index is 0.132. The molecule has 0 saturated carbocycles. The van der Waals surface area contributed by atoms with E-state index in [9.17, 15) is 14.7 Å². The first-order chi connectivity index (χ1) is 13.0. The van der Waals surface area contributed by atoms with E-state index in [0.29, 0.717) is 43.6 Å². The summed E-state index contributed by atoms with van der Waals surface area (Å²) in [6, 6.07) is 9.98. The Bertz CT molecular complexity index is 715. The first-order valence-corrected chi connectivity index (χ1v) is 9.42. The largest absolute Gasteiger partial charge is 0.393 e. The molecule has 0 saturated heterocycles. The Morgan fingerprint density at radius 1 is 1.07 bits per heavy atom. The molecule has 1 N–H and O–H groups in total. The summed E-state index contributed by atoms with van der Waals surface area (Å²) in [6.45, 7) is 6.59. The van der Waals surface area contributed by atoms with Crippen molar-refractivity contribution in [1.29, 1.82) is 0 Å². The fourth-order valence-electron chi connectivity index (χ4n) is 3.07. The number of aliphatic hydroxyl groups excluding tert-OH is 1. The van der Waals surface area contributed by atoms with Crippen molar-refractivity contribution < 1.29 is 19.4 Å². The quantitative estimate of drug-likeness (QED) is 0.365. The first-order valence-electron chi connectivity index (χ1n) is 9.42. The van der Waals surface area contributed by atoms with Crippen LogP contribution in [0.15, 0.2) is 66.3 Å². The van der Waals surface area contributed by atoms with Gasteiger partial charge in [-0.1, -0.05) is 36.4 Å². The summed E-state index contributed by atoms with van der Waals surface area (Å²) < 4.78 is 5.62. The van der Waals surface area contributed by atoms with Crippen LogP contribution in [0.25, 0.3) is 0 Å². The van der Waals surface area contributed by atoms with Gasteiger partial charge in [-0.25, -0.2) is 0 Å². The maximum absolute atomic E-state index is 12.1. The van der Waals surface area contributed by atoms with Crippen LogP contribution in [0.1, 0.15) is 38.2 Å². The van der Waals surface area contributed by atoms with E-state index in [2.05, 4.69) is 6.58 Å². The predicted octanol–water partition coefficient (Wildman–Crippen LogP) is 3.95. The Kier molecular flexibility index (Phi) is 8.37. The van der Waals surface area contributed by atoms with E-state index in [-0.39, 0.29) is 17.5 Å². The summed E-state index contributed by atoms with van der Waals surface area (Å²) in [5, 5.41) is 10.2. The lowest BCUT2D eigenvalue weighted by atomic mass is 9.85.